The summed E-state index contributed by atoms with van der Waals surface area (Å²) in [6.45, 7) is 0. The van der Waals surface area contributed by atoms with Crippen LogP contribution >= 0.6 is 11.3 Å². The number of hydrogen-bond acceptors (Lipinski definition) is 3. The number of aromatic nitrogens is 4. The fraction of sp³-hybridized carbons (Fsp3) is 0. The second-order valence-corrected chi connectivity index (χ2v) is 17.2. The molecule has 0 aliphatic heterocycles. The Labute approximate surface area is 367 Å². The van der Waals surface area contributed by atoms with E-state index in [1.165, 1.54) is 80.6 Å². The average molecular weight is 821 g/mol. The number of para-hydroxylation sites is 3. The third-order valence-electron chi connectivity index (χ3n) is 12.5. The van der Waals surface area contributed by atoms with Crippen molar-refractivity contribution >= 4 is 75.1 Å². The highest BCUT2D eigenvalue weighted by molar-refractivity contribution is 7.26. The molecule has 0 aliphatic carbocycles. The molecule has 4 heterocycles. The lowest BCUT2D eigenvalue weighted by atomic mass is 10.00. The second-order valence-electron chi connectivity index (χ2n) is 16.2. The van der Waals surface area contributed by atoms with Gasteiger partial charge < -0.3 is 9.13 Å². The van der Waals surface area contributed by atoms with Gasteiger partial charge in [0.1, 0.15) is 0 Å². The SMILES string of the molecule is c1ccc(-c2cc(-c3ccc(-n4c5ccccc5c5c6sc7ccc(-c8ccc9c(c8)c8ccccc8n9-c8ccccc8)cc7c6ccc54)cc3)nc(-c3ccccc3)n2)cc1. The highest BCUT2D eigenvalue weighted by Crippen LogP contribution is 2.45. The molecule has 9 aromatic carbocycles. The molecule has 294 valence electrons. The zero-order chi connectivity index (χ0) is 41.4. The summed E-state index contributed by atoms with van der Waals surface area (Å²) in [5.41, 5.74) is 14.4. The molecule has 0 saturated heterocycles. The zero-order valence-corrected chi connectivity index (χ0v) is 34.8. The Morgan fingerprint density at radius 2 is 0.825 bits per heavy atom. The van der Waals surface area contributed by atoms with Crippen LogP contribution in [0.3, 0.4) is 0 Å². The molecule has 13 rings (SSSR count). The minimum Gasteiger partial charge on any atom is -0.309 e. The van der Waals surface area contributed by atoms with E-state index in [0.717, 1.165) is 33.8 Å². The standard InChI is InChI=1S/C58H36N4S/c1-4-14-37(15-5-1)49-36-50(60-58(59-49)39-16-6-2-7-17-39)38-24-28-43(29-25-38)62-52-23-13-11-21-46(52)56-54(62)32-30-45-48-35-41(27-33-55(48)63-57(45)56)40-26-31-53-47(34-40)44-20-10-12-22-51(44)61(53)42-18-8-3-9-19-42/h1-36H. The molecule has 63 heavy (non-hydrogen) atoms. The van der Waals surface area contributed by atoms with E-state index in [2.05, 4.69) is 203 Å². The van der Waals surface area contributed by atoms with Gasteiger partial charge >= 0.3 is 0 Å². The monoisotopic (exact) mass is 820 g/mol. The highest BCUT2D eigenvalue weighted by atomic mass is 32.1. The van der Waals surface area contributed by atoms with Crippen molar-refractivity contribution < 1.29 is 0 Å². The Balaban J connectivity index is 0.919. The maximum atomic E-state index is 5.09. The van der Waals surface area contributed by atoms with Gasteiger partial charge in [-0.2, -0.15) is 0 Å². The van der Waals surface area contributed by atoms with Gasteiger partial charge in [0.05, 0.1) is 33.5 Å². The summed E-state index contributed by atoms with van der Waals surface area (Å²) in [7, 11) is 0. The first kappa shape index (κ1) is 35.6. The number of thiophene rings is 1. The average Bonchev–Trinajstić information content (AvgIpc) is 4.02. The van der Waals surface area contributed by atoms with Crippen molar-refractivity contribution in [3.05, 3.63) is 218 Å². The van der Waals surface area contributed by atoms with E-state index in [4.69, 9.17) is 9.97 Å². The number of hydrogen-bond donors (Lipinski definition) is 0. The first-order valence-corrected chi connectivity index (χ1v) is 22.1. The minimum atomic E-state index is 0.714. The topological polar surface area (TPSA) is 35.6 Å². The van der Waals surface area contributed by atoms with Crippen molar-refractivity contribution in [1.29, 1.82) is 0 Å². The van der Waals surface area contributed by atoms with Crippen LogP contribution in [0, 0.1) is 0 Å². The lowest BCUT2D eigenvalue weighted by molar-refractivity contribution is 1.17. The summed E-state index contributed by atoms with van der Waals surface area (Å²) < 4.78 is 7.39. The van der Waals surface area contributed by atoms with Crippen LogP contribution in [-0.4, -0.2) is 19.1 Å². The molecule has 4 aromatic heterocycles. The number of rotatable bonds is 6. The van der Waals surface area contributed by atoms with Crippen LogP contribution in [0.2, 0.25) is 0 Å². The molecule has 0 aliphatic rings. The van der Waals surface area contributed by atoms with E-state index in [0.29, 0.717) is 5.82 Å². The molecule has 0 saturated carbocycles. The fourth-order valence-corrected chi connectivity index (χ4v) is 10.8. The van der Waals surface area contributed by atoms with Gasteiger partial charge in [-0.05, 0) is 83.9 Å². The Bertz CT molecular complexity index is 3820. The highest BCUT2D eigenvalue weighted by Gasteiger charge is 2.19. The van der Waals surface area contributed by atoms with E-state index in [-0.39, 0.29) is 0 Å². The van der Waals surface area contributed by atoms with E-state index < -0.39 is 0 Å². The smallest absolute Gasteiger partial charge is 0.160 e. The number of benzene rings is 9. The van der Waals surface area contributed by atoms with Gasteiger partial charge in [-0.3, -0.25) is 0 Å². The maximum absolute atomic E-state index is 5.09. The predicted molar refractivity (Wildman–Crippen MR) is 265 cm³/mol. The molecule has 5 heteroatoms. The van der Waals surface area contributed by atoms with Crippen LogP contribution in [0.5, 0.6) is 0 Å². The molecule has 13 aromatic rings. The molecule has 0 radical (unpaired) electrons. The van der Waals surface area contributed by atoms with Gasteiger partial charge in [0.2, 0.25) is 0 Å². The van der Waals surface area contributed by atoms with E-state index in [9.17, 15) is 0 Å². The Hall–Kier alpha value is -8.12. The van der Waals surface area contributed by atoms with Crippen molar-refractivity contribution in [3.63, 3.8) is 0 Å². The molecule has 0 unspecified atom stereocenters. The van der Waals surface area contributed by atoms with E-state index in [1.54, 1.807) is 0 Å². The van der Waals surface area contributed by atoms with Crippen LogP contribution < -0.4 is 0 Å². The van der Waals surface area contributed by atoms with Crippen molar-refractivity contribution in [2.45, 2.75) is 0 Å². The summed E-state index contributed by atoms with van der Waals surface area (Å²) in [6.07, 6.45) is 0. The van der Waals surface area contributed by atoms with Crippen LogP contribution in [0.1, 0.15) is 0 Å². The Morgan fingerprint density at radius 3 is 1.56 bits per heavy atom. The number of nitrogens with zero attached hydrogens (tertiary/aromatic N) is 4. The molecule has 0 atom stereocenters. The van der Waals surface area contributed by atoms with E-state index >= 15 is 0 Å². The second kappa shape index (κ2) is 14.2. The number of fused-ring (bicyclic) bond motifs is 10. The first-order valence-electron chi connectivity index (χ1n) is 21.3. The Morgan fingerprint density at radius 1 is 0.317 bits per heavy atom. The quantitative estimate of drug-likeness (QED) is 0.167. The fourth-order valence-electron chi connectivity index (χ4n) is 9.60. The van der Waals surface area contributed by atoms with Crippen LogP contribution in [0.4, 0.5) is 0 Å². The van der Waals surface area contributed by atoms with Crippen LogP contribution in [0.15, 0.2) is 218 Å². The summed E-state index contributed by atoms with van der Waals surface area (Å²) in [5.74, 6) is 0.714. The summed E-state index contributed by atoms with van der Waals surface area (Å²) in [5, 5.41) is 7.65. The lowest BCUT2D eigenvalue weighted by Gasteiger charge is -2.11. The third-order valence-corrected chi connectivity index (χ3v) is 13.7. The van der Waals surface area contributed by atoms with Gasteiger partial charge in [-0.15, -0.1) is 11.3 Å². The van der Waals surface area contributed by atoms with Crippen molar-refractivity contribution in [2.24, 2.45) is 0 Å². The third kappa shape index (κ3) is 5.74. The van der Waals surface area contributed by atoms with Crippen molar-refractivity contribution in [2.75, 3.05) is 0 Å². The van der Waals surface area contributed by atoms with Gasteiger partial charge in [0.25, 0.3) is 0 Å². The minimum absolute atomic E-state index is 0.714. The molecule has 0 fully saturated rings. The molecular weight excluding hydrogens is 785 g/mol. The largest absolute Gasteiger partial charge is 0.309 e. The van der Waals surface area contributed by atoms with Gasteiger partial charge in [0.15, 0.2) is 5.82 Å². The maximum Gasteiger partial charge on any atom is 0.160 e. The summed E-state index contributed by atoms with van der Waals surface area (Å²) >= 11 is 1.89. The molecule has 0 bridgehead atoms. The van der Waals surface area contributed by atoms with Gasteiger partial charge in [0, 0.05) is 69.8 Å². The molecule has 0 amide bonds. The zero-order valence-electron chi connectivity index (χ0n) is 34.0. The van der Waals surface area contributed by atoms with Crippen molar-refractivity contribution in [3.8, 4) is 56.4 Å². The lowest BCUT2D eigenvalue weighted by Crippen LogP contribution is -1.97. The van der Waals surface area contributed by atoms with Crippen molar-refractivity contribution in [1.82, 2.24) is 19.1 Å². The molecule has 4 nitrogen and oxygen atoms in total. The first-order chi connectivity index (χ1) is 31.2. The molecule has 0 N–H and O–H groups in total. The van der Waals surface area contributed by atoms with Crippen LogP contribution in [0.25, 0.3) is 120 Å². The Kier molecular flexibility index (Phi) is 8.05. The molecular formula is C58H36N4S. The summed E-state index contributed by atoms with van der Waals surface area (Å²) in [4.78, 5) is 10.1. The molecule has 0 spiro atoms. The predicted octanol–water partition coefficient (Wildman–Crippen LogP) is 15.7. The van der Waals surface area contributed by atoms with Crippen LogP contribution in [-0.2, 0) is 0 Å². The van der Waals surface area contributed by atoms with E-state index in [1.807, 2.05) is 35.6 Å². The summed E-state index contributed by atoms with van der Waals surface area (Å²) in [6, 6.07) is 78.3. The normalized spacial score (nSPS) is 11.8. The van der Waals surface area contributed by atoms with Gasteiger partial charge in [-0.1, -0.05) is 146 Å². The van der Waals surface area contributed by atoms with Gasteiger partial charge in [-0.25, -0.2) is 9.97 Å².